The van der Waals surface area contributed by atoms with Crippen LogP contribution in [0.2, 0.25) is 0 Å². The van der Waals surface area contributed by atoms with Crippen molar-refractivity contribution in [2.24, 2.45) is 0 Å². The van der Waals surface area contributed by atoms with Crippen LogP contribution in [0.5, 0.6) is 5.75 Å². The van der Waals surface area contributed by atoms with Gasteiger partial charge in [0.1, 0.15) is 31.2 Å². The lowest BCUT2D eigenvalue weighted by Crippen LogP contribution is -2.14. The smallest absolute Gasteiger partial charge is 0.248 e. The van der Waals surface area contributed by atoms with Crippen molar-refractivity contribution in [1.29, 1.82) is 0 Å². The van der Waals surface area contributed by atoms with Gasteiger partial charge in [0.2, 0.25) is 5.91 Å². The summed E-state index contributed by atoms with van der Waals surface area (Å²) in [6.45, 7) is 0.506. The molecule has 0 atom stereocenters. The predicted molar refractivity (Wildman–Crippen MR) is 136 cm³/mol. The van der Waals surface area contributed by atoms with Gasteiger partial charge in [-0.05, 0) is 38.4 Å². The average Bonchev–Trinajstić information content (AvgIpc) is 2.79. The van der Waals surface area contributed by atoms with Crippen LogP contribution in [0, 0.1) is 0 Å². The average molecular weight is 532 g/mol. The van der Waals surface area contributed by atoms with Crippen molar-refractivity contribution in [3.8, 4) is 5.75 Å². The maximum Gasteiger partial charge on any atom is 0.248 e. The Hall–Kier alpha value is -3.08. The van der Waals surface area contributed by atoms with E-state index in [0.717, 1.165) is 10.2 Å². The first-order valence-corrected chi connectivity index (χ1v) is 11.5. The maximum absolute atomic E-state index is 12.5. The molecule has 8 nitrogen and oxygen atoms in total. The second-order valence-corrected chi connectivity index (χ2v) is 8.44. The Morgan fingerprint density at radius 2 is 2.03 bits per heavy atom. The second kappa shape index (κ2) is 13.0. The van der Waals surface area contributed by atoms with Crippen LogP contribution >= 0.6 is 15.9 Å². The number of hydrogen-bond donors (Lipinski definition) is 2. The van der Waals surface area contributed by atoms with Crippen LogP contribution in [0.1, 0.15) is 0 Å². The molecule has 0 saturated heterocycles. The Morgan fingerprint density at radius 3 is 2.79 bits per heavy atom. The number of amides is 1. The fourth-order valence-electron chi connectivity index (χ4n) is 3.02. The van der Waals surface area contributed by atoms with E-state index in [2.05, 4.69) is 36.5 Å². The zero-order valence-electron chi connectivity index (χ0n) is 19.1. The van der Waals surface area contributed by atoms with Gasteiger partial charge < -0.3 is 25.0 Å². The van der Waals surface area contributed by atoms with E-state index in [4.69, 9.17) is 9.47 Å². The first kappa shape index (κ1) is 25.5. The molecule has 10 heteroatoms. The number of ether oxygens (including phenoxy) is 2. The molecule has 0 aliphatic rings. The maximum atomic E-state index is 12.5. The minimum atomic E-state index is -0.554. The highest BCUT2D eigenvalue weighted by molar-refractivity contribution is 9.10. The van der Waals surface area contributed by atoms with E-state index in [1.165, 1.54) is 12.4 Å². The predicted octanol–water partition coefficient (Wildman–Crippen LogP) is 4.56. The molecule has 0 unspecified atom stereocenters. The van der Waals surface area contributed by atoms with E-state index >= 15 is 0 Å². The number of nitrogens with zero attached hydrogens (tertiary/aromatic N) is 3. The molecule has 34 heavy (non-hydrogen) atoms. The molecule has 0 radical (unpaired) electrons. The van der Waals surface area contributed by atoms with E-state index < -0.39 is 6.67 Å². The van der Waals surface area contributed by atoms with Crippen molar-refractivity contribution in [1.82, 2.24) is 14.9 Å². The number of halogens is 2. The largest absolute Gasteiger partial charge is 0.489 e. The van der Waals surface area contributed by atoms with E-state index in [1.807, 2.05) is 43.3 Å². The molecule has 0 spiro atoms. The van der Waals surface area contributed by atoms with Crippen LogP contribution in [0.4, 0.5) is 21.6 Å². The third-order valence-electron chi connectivity index (χ3n) is 4.53. The minimum Gasteiger partial charge on any atom is -0.489 e. The fourth-order valence-corrected chi connectivity index (χ4v) is 3.41. The third-order valence-corrected chi connectivity index (χ3v) is 5.02. The molecule has 0 aliphatic heterocycles. The Labute approximate surface area is 206 Å². The number of aromatic nitrogens is 2. The van der Waals surface area contributed by atoms with Crippen molar-refractivity contribution < 1.29 is 18.7 Å². The number of nitrogens with one attached hydrogen (secondary N) is 2. The highest BCUT2D eigenvalue weighted by Crippen LogP contribution is 2.33. The number of hydrogen-bond acceptors (Lipinski definition) is 7. The van der Waals surface area contributed by atoms with Crippen LogP contribution in [-0.2, 0) is 9.53 Å². The molecule has 0 saturated carbocycles. The van der Waals surface area contributed by atoms with E-state index in [9.17, 15) is 9.18 Å². The quantitative estimate of drug-likeness (QED) is 0.261. The number of benzene rings is 2. The molecular weight excluding hydrogens is 505 g/mol. The summed E-state index contributed by atoms with van der Waals surface area (Å²) in [5.74, 6) is 0.718. The van der Waals surface area contributed by atoms with Gasteiger partial charge in [0.05, 0.1) is 24.4 Å². The van der Waals surface area contributed by atoms with Gasteiger partial charge in [-0.15, -0.1) is 0 Å². The van der Waals surface area contributed by atoms with Crippen LogP contribution in [0.25, 0.3) is 10.9 Å². The van der Waals surface area contributed by atoms with Crippen molar-refractivity contribution in [3.05, 3.63) is 59.4 Å². The van der Waals surface area contributed by atoms with Crippen molar-refractivity contribution in [2.45, 2.75) is 0 Å². The molecule has 0 fully saturated rings. The molecule has 0 bridgehead atoms. The Balaban J connectivity index is 1.90. The number of anilines is 3. The summed E-state index contributed by atoms with van der Waals surface area (Å²) in [7, 11) is 3.84. The van der Waals surface area contributed by atoms with Gasteiger partial charge in [-0.25, -0.2) is 14.4 Å². The molecule has 2 N–H and O–H groups in total. The highest BCUT2D eigenvalue weighted by Gasteiger charge is 2.13. The second-order valence-electron chi connectivity index (χ2n) is 7.53. The van der Waals surface area contributed by atoms with E-state index in [-0.39, 0.29) is 25.7 Å². The zero-order valence-corrected chi connectivity index (χ0v) is 20.6. The highest BCUT2D eigenvalue weighted by atomic mass is 79.9. The van der Waals surface area contributed by atoms with E-state index in [1.54, 1.807) is 18.2 Å². The monoisotopic (exact) mass is 531 g/mol. The summed E-state index contributed by atoms with van der Waals surface area (Å²) in [6.07, 6.45) is 4.70. The zero-order chi connectivity index (χ0) is 24.3. The van der Waals surface area contributed by atoms with Gasteiger partial charge in [-0.3, -0.25) is 4.79 Å². The number of carbonyl (C=O) groups excluding carboxylic acids is 1. The summed E-state index contributed by atoms with van der Waals surface area (Å²) in [6, 6.07) is 11.2. The lowest BCUT2D eigenvalue weighted by molar-refractivity contribution is -0.111. The number of alkyl halides is 1. The van der Waals surface area contributed by atoms with Gasteiger partial charge in [-0.1, -0.05) is 28.1 Å². The van der Waals surface area contributed by atoms with Crippen LogP contribution in [0.3, 0.4) is 0 Å². The number of likely N-dealkylation sites (N-methyl/N-ethyl adjacent to an activating group) is 1. The molecule has 1 amide bonds. The molecule has 1 aromatic heterocycles. The number of rotatable bonds is 12. The summed E-state index contributed by atoms with van der Waals surface area (Å²) in [5.41, 5.74) is 1.94. The topological polar surface area (TPSA) is 88.6 Å². The van der Waals surface area contributed by atoms with Crippen molar-refractivity contribution in [2.75, 3.05) is 57.8 Å². The lowest BCUT2D eigenvalue weighted by atomic mass is 10.1. The molecule has 180 valence electrons. The molecule has 3 aromatic rings. The van der Waals surface area contributed by atoms with Crippen molar-refractivity contribution >= 4 is 49.9 Å². The normalized spacial score (nSPS) is 11.3. The van der Waals surface area contributed by atoms with Gasteiger partial charge >= 0.3 is 0 Å². The molecule has 1 heterocycles. The molecular formula is C24H27BrFN5O3. The van der Waals surface area contributed by atoms with Gasteiger partial charge in [-0.2, -0.15) is 0 Å². The van der Waals surface area contributed by atoms with Gasteiger partial charge in [0, 0.05) is 34.2 Å². The van der Waals surface area contributed by atoms with Crippen molar-refractivity contribution in [3.63, 3.8) is 0 Å². The third kappa shape index (κ3) is 7.75. The SMILES string of the molecule is CN(C)CC=CC(=O)Nc1cc2c(Nc3cccc(Br)c3)ncnc2cc1OCCOCCF. The summed E-state index contributed by atoms with van der Waals surface area (Å²) in [4.78, 5) is 23.2. The fraction of sp³-hybridized carbons (Fsp3) is 0.292. The molecule has 3 rings (SSSR count). The number of carbonyl (C=O) groups is 1. The standard InChI is InChI=1S/C24H27BrFN5O3/c1-31(2)9-4-7-23(32)30-21-14-19-20(15-22(21)34-12-11-33-10-8-26)27-16-28-24(19)29-18-6-3-5-17(25)13-18/h3-7,13-16H,8-12H2,1-2H3,(H,30,32)(H,27,28,29). The van der Waals surface area contributed by atoms with Crippen LogP contribution in [-0.4, -0.2) is 67.9 Å². The van der Waals surface area contributed by atoms with E-state index in [0.29, 0.717) is 34.7 Å². The van der Waals surface area contributed by atoms with Crippen LogP contribution < -0.4 is 15.4 Å². The van der Waals surface area contributed by atoms with Crippen LogP contribution in [0.15, 0.2) is 59.4 Å². The molecule has 2 aromatic carbocycles. The first-order chi connectivity index (χ1) is 16.5. The minimum absolute atomic E-state index is 0.0131. The molecule has 0 aliphatic carbocycles. The number of fused-ring (bicyclic) bond motifs is 1. The van der Waals surface area contributed by atoms with Gasteiger partial charge in [0.15, 0.2) is 0 Å². The Kier molecular flexibility index (Phi) is 9.75. The summed E-state index contributed by atoms with van der Waals surface area (Å²) in [5, 5.41) is 6.86. The first-order valence-electron chi connectivity index (χ1n) is 10.7. The Bertz CT molecular complexity index is 1140. The summed E-state index contributed by atoms with van der Waals surface area (Å²) >= 11 is 3.47. The Morgan fingerprint density at radius 1 is 1.18 bits per heavy atom. The van der Waals surface area contributed by atoms with Gasteiger partial charge in [0.25, 0.3) is 0 Å². The summed E-state index contributed by atoms with van der Waals surface area (Å²) < 4.78 is 24.1. The lowest BCUT2D eigenvalue weighted by Gasteiger charge is -2.15.